The lowest BCUT2D eigenvalue weighted by Crippen LogP contribution is -2.02. The van der Waals surface area contributed by atoms with Crippen molar-refractivity contribution in [2.24, 2.45) is 0 Å². The van der Waals surface area contributed by atoms with Crippen molar-refractivity contribution in [2.45, 2.75) is 13.0 Å². The maximum absolute atomic E-state index is 10.6. The molecule has 3 nitrogen and oxygen atoms in total. The molecule has 108 valence electrons. The molecule has 1 heterocycles. The Hall–Kier alpha value is -0.560. The molecule has 0 radical (unpaired) electrons. The average Bonchev–Trinajstić information content (AvgIpc) is 2.77. The van der Waals surface area contributed by atoms with E-state index in [0.29, 0.717) is 21.5 Å². The number of benzene rings is 1. The van der Waals surface area contributed by atoms with Crippen LogP contribution < -0.4 is 9.47 Å². The van der Waals surface area contributed by atoms with E-state index in [1.807, 2.05) is 19.1 Å². The largest absolute Gasteiger partial charge is 0.495 e. The van der Waals surface area contributed by atoms with Gasteiger partial charge in [-0.1, -0.05) is 0 Å². The molecule has 0 saturated carbocycles. The molecule has 1 atom stereocenters. The minimum Gasteiger partial charge on any atom is -0.495 e. The van der Waals surface area contributed by atoms with Gasteiger partial charge in [-0.25, -0.2) is 0 Å². The van der Waals surface area contributed by atoms with Crippen molar-refractivity contribution in [3.05, 3.63) is 42.5 Å². The predicted molar refractivity (Wildman–Crippen MR) is 88.1 cm³/mol. The number of methoxy groups -OCH3 is 2. The summed E-state index contributed by atoms with van der Waals surface area (Å²) in [4.78, 5) is 2.00. The highest BCUT2D eigenvalue weighted by molar-refractivity contribution is 9.11. The molecule has 1 unspecified atom stereocenters. The highest BCUT2D eigenvalue weighted by Gasteiger charge is 2.22. The van der Waals surface area contributed by atoms with Crippen LogP contribution in [0.25, 0.3) is 0 Å². The van der Waals surface area contributed by atoms with Crippen LogP contribution in [0.15, 0.2) is 27.1 Å². The molecule has 0 bridgehead atoms. The van der Waals surface area contributed by atoms with Crippen molar-refractivity contribution in [3.63, 3.8) is 0 Å². The van der Waals surface area contributed by atoms with E-state index in [2.05, 4.69) is 31.9 Å². The van der Waals surface area contributed by atoms with E-state index in [9.17, 15) is 5.11 Å². The van der Waals surface area contributed by atoms with Crippen LogP contribution in [-0.4, -0.2) is 19.3 Å². The number of aryl methyl sites for hydroxylation is 1. The summed E-state index contributed by atoms with van der Waals surface area (Å²) in [5.41, 5.74) is 0.703. The third kappa shape index (κ3) is 2.88. The van der Waals surface area contributed by atoms with Crippen LogP contribution in [0, 0.1) is 6.92 Å². The molecule has 1 N–H and O–H groups in total. The maximum Gasteiger partial charge on any atom is 0.142 e. The van der Waals surface area contributed by atoms with Crippen molar-refractivity contribution >= 4 is 43.2 Å². The molecular formula is C14H14Br2O3S. The van der Waals surface area contributed by atoms with E-state index < -0.39 is 6.10 Å². The highest BCUT2D eigenvalue weighted by Crippen LogP contribution is 2.43. The number of hydrogen-bond donors (Lipinski definition) is 1. The summed E-state index contributed by atoms with van der Waals surface area (Å²) in [5.74, 6) is 1.25. The van der Waals surface area contributed by atoms with E-state index in [4.69, 9.17) is 9.47 Å². The van der Waals surface area contributed by atoms with Crippen molar-refractivity contribution in [2.75, 3.05) is 14.2 Å². The third-order valence-corrected chi connectivity index (χ3v) is 5.90. The quantitative estimate of drug-likeness (QED) is 0.778. The Morgan fingerprint density at radius 3 is 2.40 bits per heavy atom. The first-order valence-electron chi connectivity index (χ1n) is 5.83. The normalized spacial score (nSPS) is 12.3. The van der Waals surface area contributed by atoms with Gasteiger partial charge in [-0.05, 0) is 57.0 Å². The van der Waals surface area contributed by atoms with Crippen molar-refractivity contribution < 1.29 is 14.6 Å². The number of aliphatic hydroxyl groups excluding tert-OH is 1. The number of aliphatic hydroxyl groups is 1. The van der Waals surface area contributed by atoms with Gasteiger partial charge in [-0.2, -0.15) is 0 Å². The molecule has 20 heavy (non-hydrogen) atoms. The van der Waals surface area contributed by atoms with Crippen LogP contribution in [-0.2, 0) is 0 Å². The lowest BCUT2D eigenvalue weighted by molar-refractivity contribution is 0.218. The number of hydrogen-bond acceptors (Lipinski definition) is 4. The summed E-state index contributed by atoms with van der Waals surface area (Å²) in [7, 11) is 3.17. The van der Waals surface area contributed by atoms with Crippen LogP contribution in [0.1, 0.15) is 21.4 Å². The minimum absolute atomic E-state index is 0.582. The van der Waals surface area contributed by atoms with Gasteiger partial charge in [0.25, 0.3) is 0 Å². The Morgan fingerprint density at radius 1 is 1.20 bits per heavy atom. The van der Waals surface area contributed by atoms with Crippen LogP contribution in [0.5, 0.6) is 11.5 Å². The van der Waals surface area contributed by atoms with Crippen LogP contribution >= 0.6 is 43.2 Å². The monoisotopic (exact) mass is 420 g/mol. The molecule has 0 spiro atoms. The van der Waals surface area contributed by atoms with Crippen LogP contribution in [0.3, 0.4) is 0 Å². The Bertz CT molecular complexity index is 606. The highest BCUT2D eigenvalue weighted by atomic mass is 79.9. The number of rotatable bonds is 4. The molecule has 1 aromatic heterocycles. The second-order valence-corrected chi connectivity index (χ2v) is 7.09. The van der Waals surface area contributed by atoms with Gasteiger partial charge >= 0.3 is 0 Å². The fraction of sp³-hybridized carbons (Fsp3) is 0.286. The van der Waals surface area contributed by atoms with Crippen molar-refractivity contribution in [1.29, 1.82) is 0 Å². The summed E-state index contributed by atoms with van der Waals surface area (Å²) >= 11 is 8.47. The first kappa shape index (κ1) is 15.8. The summed E-state index contributed by atoms with van der Waals surface area (Å²) < 4.78 is 12.3. The first-order valence-corrected chi connectivity index (χ1v) is 8.24. The standard InChI is InChI=1S/C14H14Br2O3S/c1-7-9(15)6-11(20-7)13(17)8-4-5-10(18-2)12(16)14(8)19-3/h4-6,13,17H,1-3H3. The van der Waals surface area contributed by atoms with Gasteiger partial charge < -0.3 is 14.6 Å². The first-order chi connectivity index (χ1) is 9.49. The number of ether oxygens (including phenoxy) is 2. The van der Waals surface area contributed by atoms with E-state index >= 15 is 0 Å². The molecule has 2 aromatic rings. The zero-order chi connectivity index (χ0) is 14.9. The molecule has 2 rings (SSSR count). The minimum atomic E-state index is -0.734. The smallest absolute Gasteiger partial charge is 0.142 e. The van der Waals surface area contributed by atoms with Gasteiger partial charge in [0.05, 0.1) is 14.2 Å². The number of halogens is 2. The zero-order valence-corrected chi connectivity index (χ0v) is 15.2. The van der Waals surface area contributed by atoms with Gasteiger partial charge in [-0.15, -0.1) is 11.3 Å². The fourth-order valence-corrected chi connectivity index (χ4v) is 4.15. The molecule has 6 heteroatoms. The van der Waals surface area contributed by atoms with E-state index in [1.165, 1.54) is 0 Å². The Morgan fingerprint density at radius 2 is 1.90 bits per heavy atom. The predicted octanol–water partition coefficient (Wildman–Crippen LogP) is 4.68. The van der Waals surface area contributed by atoms with Gasteiger partial charge in [0.1, 0.15) is 22.1 Å². The molecule has 0 aliphatic rings. The second-order valence-electron chi connectivity index (χ2n) is 4.16. The van der Waals surface area contributed by atoms with E-state index in [0.717, 1.165) is 14.2 Å². The lowest BCUT2D eigenvalue weighted by atomic mass is 10.1. The van der Waals surface area contributed by atoms with Gasteiger partial charge in [-0.3, -0.25) is 0 Å². The molecule has 0 aliphatic carbocycles. The molecule has 0 amide bonds. The van der Waals surface area contributed by atoms with Gasteiger partial charge in [0.15, 0.2) is 0 Å². The molecule has 0 saturated heterocycles. The van der Waals surface area contributed by atoms with Gasteiger partial charge in [0, 0.05) is 19.8 Å². The zero-order valence-electron chi connectivity index (χ0n) is 11.2. The SMILES string of the molecule is COc1ccc(C(O)c2cc(Br)c(C)s2)c(OC)c1Br. The molecule has 0 fully saturated rings. The Labute approximate surface area is 138 Å². The van der Waals surface area contributed by atoms with Crippen molar-refractivity contribution in [3.8, 4) is 11.5 Å². The van der Waals surface area contributed by atoms with E-state index in [1.54, 1.807) is 31.6 Å². The van der Waals surface area contributed by atoms with Crippen LogP contribution in [0.4, 0.5) is 0 Å². The summed E-state index contributed by atoms with van der Waals surface area (Å²) in [6.45, 7) is 2.01. The Balaban J connectivity index is 2.49. The van der Waals surface area contributed by atoms with Gasteiger partial charge in [0.2, 0.25) is 0 Å². The summed E-state index contributed by atoms with van der Waals surface area (Å²) in [6.07, 6.45) is -0.734. The second kappa shape index (κ2) is 6.47. The maximum atomic E-state index is 10.6. The summed E-state index contributed by atoms with van der Waals surface area (Å²) in [5, 5.41) is 10.6. The molecular weight excluding hydrogens is 408 g/mol. The van der Waals surface area contributed by atoms with E-state index in [-0.39, 0.29) is 0 Å². The number of thiophene rings is 1. The molecule has 0 aliphatic heterocycles. The topological polar surface area (TPSA) is 38.7 Å². The lowest BCUT2D eigenvalue weighted by Gasteiger charge is -2.16. The van der Waals surface area contributed by atoms with Crippen LogP contribution in [0.2, 0.25) is 0 Å². The fourth-order valence-electron chi connectivity index (χ4n) is 1.90. The Kier molecular flexibility index (Phi) is 5.12. The third-order valence-electron chi connectivity index (χ3n) is 2.96. The summed E-state index contributed by atoms with van der Waals surface area (Å²) in [6, 6.07) is 5.55. The van der Waals surface area contributed by atoms with Crippen molar-refractivity contribution in [1.82, 2.24) is 0 Å². The molecule has 1 aromatic carbocycles. The average molecular weight is 422 g/mol.